The molecule has 0 radical (unpaired) electrons. The summed E-state index contributed by atoms with van der Waals surface area (Å²) in [5.41, 5.74) is 0. The molecule has 0 bridgehead atoms. The van der Waals surface area contributed by atoms with Crippen LogP contribution in [0, 0.1) is 4.91 Å². The minimum absolute atomic E-state index is 0.323. The highest BCUT2D eigenvalue weighted by Gasteiger charge is 2.06. The van der Waals surface area contributed by atoms with E-state index in [2.05, 4.69) is 21.2 Å². The second-order valence-corrected chi connectivity index (χ2v) is 2.70. The van der Waals surface area contributed by atoms with Crippen molar-refractivity contribution in [2.75, 3.05) is 18.4 Å². The van der Waals surface area contributed by atoms with E-state index in [4.69, 9.17) is 5.11 Å². The second kappa shape index (κ2) is 6.09. The molecule has 11 heavy (non-hydrogen) atoms. The molecule has 0 aliphatic heterocycles. The van der Waals surface area contributed by atoms with E-state index in [-0.39, 0.29) is 6.54 Å². The minimum Gasteiger partial charge on any atom is -0.480 e. The van der Waals surface area contributed by atoms with E-state index in [9.17, 15) is 9.70 Å². The normalized spacial score (nSPS) is 9.18. The topological polar surface area (TPSA) is 70.0 Å². The van der Waals surface area contributed by atoms with Gasteiger partial charge in [-0.05, 0) is 6.42 Å². The van der Waals surface area contributed by atoms with Gasteiger partial charge in [-0.2, -0.15) is 0 Å². The molecule has 1 N–H and O–H groups in total. The van der Waals surface area contributed by atoms with Gasteiger partial charge in [-0.15, -0.1) is 4.91 Å². The molecule has 0 aromatic heterocycles. The van der Waals surface area contributed by atoms with Crippen molar-refractivity contribution < 1.29 is 9.90 Å². The van der Waals surface area contributed by atoms with Gasteiger partial charge in [-0.25, -0.2) is 5.01 Å². The third-order valence-corrected chi connectivity index (χ3v) is 1.54. The Kier molecular flexibility index (Phi) is 5.73. The van der Waals surface area contributed by atoms with Gasteiger partial charge in [0, 0.05) is 11.9 Å². The molecule has 64 valence electrons. The van der Waals surface area contributed by atoms with Crippen molar-refractivity contribution in [3.8, 4) is 0 Å². The lowest BCUT2D eigenvalue weighted by Gasteiger charge is -2.10. The number of aliphatic carboxylic acids is 1. The molecule has 0 atom stereocenters. The van der Waals surface area contributed by atoms with Crippen molar-refractivity contribution in [1.82, 2.24) is 5.01 Å². The molecule has 0 heterocycles. The zero-order chi connectivity index (χ0) is 8.69. The van der Waals surface area contributed by atoms with E-state index < -0.39 is 5.97 Å². The Morgan fingerprint density at radius 2 is 2.27 bits per heavy atom. The molecule has 0 unspecified atom stereocenters. The first kappa shape index (κ1) is 10.3. The number of carboxylic acids is 1. The predicted octanol–water partition coefficient (Wildman–Crippen LogP) is 0.839. The fraction of sp³-hybridized carbons (Fsp3) is 0.800. The molecule has 0 amide bonds. The van der Waals surface area contributed by atoms with Crippen LogP contribution in [0.4, 0.5) is 0 Å². The quantitative estimate of drug-likeness (QED) is 0.413. The summed E-state index contributed by atoms with van der Waals surface area (Å²) in [5, 5.41) is 12.5. The standard InChI is InChI=1S/C5H9BrN2O3/c6-2-1-3-8(7-11)4-5(9)10/h1-4H2,(H,9,10). The highest BCUT2D eigenvalue weighted by atomic mass is 79.9. The highest BCUT2D eigenvalue weighted by molar-refractivity contribution is 9.09. The van der Waals surface area contributed by atoms with Crippen LogP contribution >= 0.6 is 15.9 Å². The molecular weight excluding hydrogens is 216 g/mol. The van der Waals surface area contributed by atoms with Crippen LogP contribution in [0.5, 0.6) is 0 Å². The number of hydrogen-bond donors (Lipinski definition) is 1. The summed E-state index contributed by atoms with van der Waals surface area (Å²) < 4.78 is 0. The maximum atomic E-state index is 10.1. The molecule has 6 heteroatoms. The van der Waals surface area contributed by atoms with Crippen molar-refractivity contribution in [3.05, 3.63) is 4.91 Å². The van der Waals surface area contributed by atoms with Crippen molar-refractivity contribution in [1.29, 1.82) is 0 Å². The van der Waals surface area contributed by atoms with Crippen LogP contribution in [0.2, 0.25) is 0 Å². The number of rotatable bonds is 6. The summed E-state index contributed by atoms with van der Waals surface area (Å²) in [6, 6.07) is 0. The number of carbonyl (C=O) groups is 1. The van der Waals surface area contributed by atoms with E-state index in [0.29, 0.717) is 13.0 Å². The molecule has 5 nitrogen and oxygen atoms in total. The number of halogens is 1. The summed E-state index contributed by atoms with van der Waals surface area (Å²) in [6.45, 7) is 0.0531. The smallest absolute Gasteiger partial charge is 0.324 e. The van der Waals surface area contributed by atoms with Crippen LogP contribution in [-0.4, -0.2) is 34.5 Å². The zero-order valence-corrected chi connectivity index (χ0v) is 7.45. The molecular formula is C5H9BrN2O3. The Balaban J connectivity index is 3.57. The molecule has 0 aliphatic rings. The van der Waals surface area contributed by atoms with Gasteiger partial charge in [0.2, 0.25) is 0 Å². The maximum absolute atomic E-state index is 10.1. The van der Waals surface area contributed by atoms with Gasteiger partial charge in [-0.1, -0.05) is 15.9 Å². The summed E-state index contributed by atoms with van der Waals surface area (Å²) in [7, 11) is 0. The van der Waals surface area contributed by atoms with Crippen LogP contribution in [0.1, 0.15) is 6.42 Å². The van der Waals surface area contributed by atoms with E-state index >= 15 is 0 Å². The molecule has 0 rings (SSSR count). The molecule has 0 saturated heterocycles. The Morgan fingerprint density at radius 1 is 1.64 bits per heavy atom. The Hall–Kier alpha value is -0.650. The van der Waals surface area contributed by atoms with Gasteiger partial charge < -0.3 is 5.11 Å². The van der Waals surface area contributed by atoms with E-state index in [1.165, 1.54) is 0 Å². The minimum atomic E-state index is -1.04. The third kappa shape index (κ3) is 5.78. The first-order valence-electron chi connectivity index (χ1n) is 3.06. The number of carboxylic acid groups (broad SMARTS) is 1. The first-order valence-corrected chi connectivity index (χ1v) is 4.19. The Morgan fingerprint density at radius 3 is 2.64 bits per heavy atom. The molecule has 0 spiro atoms. The van der Waals surface area contributed by atoms with Crippen molar-refractivity contribution in [2.24, 2.45) is 5.29 Å². The lowest BCUT2D eigenvalue weighted by atomic mass is 10.4. The fourth-order valence-corrected chi connectivity index (χ4v) is 0.798. The summed E-state index contributed by atoms with van der Waals surface area (Å²) in [6.07, 6.45) is 0.707. The van der Waals surface area contributed by atoms with Gasteiger partial charge in [0.1, 0.15) is 6.54 Å². The predicted molar refractivity (Wildman–Crippen MR) is 43.4 cm³/mol. The molecule has 0 aliphatic carbocycles. The molecule has 0 aromatic rings. The zero-order valence-electron chi connectivity index (χ0n) is 5.86. The number of nitrogens with zero attached hydrogens (tertiary/aromatic N) is 2. The van der Waals surface area contributed by atoms with Crippen molar-refractivity contribution in [2.45, 2.75) is 6.42 Å². The van der Waals surface area contributed by atoms with Crippen molar-refractivity contribution in [3.63, 3.8) is 0 Å². The monoisotopic (exact) mass is 224 g/mol. The number of alkyl halides is 1. The van der Waals surface area contributed by atoms with Gasteiger partial charge in [0.05, 0.1) is 5.29 Å². The van der Waals surface area contributed by atoms with Crippen LogP contribution in [0.25, 0.3) is 0 Å². The van der Waals surface area contributed by atoms with Gasteiger partial charge in [0.25, 0.3) is 0 Å². The van der Waals surface area contributed by atoms with Crippen LogP contribution < -0.4 is 0 Å². The third-order valence-electron chi connectivity index (χ3n) is 0.983. The summed E-state index contributed by atoms with van der Waals surface area (Å²) in [4.78, 5) is 20.0. The van der Waals surface area contributed by atoms with Gasteiger partial charge in [0.15, 0.2) is 0 Å². The highest BCUT2D eigenvalue weighted by Crippen LogP contribution is 1.94. The summed E-state index contributed by atoms with van der Waals surface area (Å²) in [5.74, 6) is -1.04. The van der Waals surface area contributed by atoms with Crippen LogP contribution in [0.15, 0.2) is 5.29 Å². The van der Waals surface area contributed by atoms with E-state index in [0.717, 1.165) is 10.3 Å². The SMILES string of the molecule is O=NN(CCCBr)CC(=O)O. The van der Waals surface area contributed by atoms with E-state index in [1.807, 2.05) is 0 Å². The molecule has 0 saturated carbocycles. The van der Waals surface area contributed by atoms with Crippen LogP contribution in [0.3, 0.4) is 0 Å². The average molecular weight is 225 g/mol. The van der Waals surface area contributed by atoms with E-state index in [1.54, 1.807) is 0 Å². The largest absolute Gasteiger partial charge is 0.480 e. The molecule has 0 aromatic carbocycles. The first-order chi connectivity index (χ1) is 5.20. The number of hydrogen-bond acceptors (Lipinski definition) is 3. The Bertz CT molecular complexity index is 142. The lowest BCUT2D eigenvalue weighted by Crippen LogP contribution is -2.25. The fourth-order valence-electron chi connectivity index (χ4n) is 0.547. The van der Waals surface area contributed by atoms with Gasteiger partial charge >= 0.3 is 5.97 Å². The summed E-state index contributed by atoms with van der Waals surface area (Å²) >= 11 is 3.16. The van der Waals surface area contributed by atoms with Crippen LogP contribution in [-0.2, 0) is 4.79 Å². The Labute approximate surface area is 72.4 Å². The van der Waals surface area contributed by atoms with Crippen molar-refractivity contribution >= 4 is 21.9 Å². The van der Waals surface area contributed by atoms with Gasteiger partial charge in [-0.3, -0.25) is 4.79 Å². The average Bonchev–Trinajstić information content (AvgIpc) is 1.97. The second-order valence-electron chi connectivity index (χ2n) is 1.91. The maximum Gasteiger partial charge on any atom is 0.324 e. The number of nitroso groups, excluding NO2 is 1. The molecule has 0 fully saturated rings. The lowest BCUT2D eigenvalue weighted by molar-refractivity contribution is -0.138.